The first kappa shape index (κ1) is 17.4. The number of H-pyrrole nitrogens is 1. The maximum atomic E-state index is 11.5. The van der Waals surface area contributed by atoms with Crippen molar-refractivity contribution in [3.8, 4) is 0 Å². The first-order chi connectivity index (χ1) is 10.8. The second kappa shape index (κ2) is 6.68. The van der Waals surface area contributed by atoms with Crippen molar-refractivity contribution in [1.82, 2.24) is 9.55 Å². The molecule has 10 nitrogen and oxygen atoms in total. The maximum absolute atomic E-state index is 11.5. The Morgan fingerprint density at radius 2 is 2.30 bits per heavy atom. The molecule has 23 heavy (non-hydrogen) atoms. The Kier molecular flexibility index (Phi) is 5.06. The van der Waals surface area contributed by atoms with Gasteiger partial charge in [0.2, 0.25) is 0 Å². The van der Waals surface area contributed by atoms with Gasteiger partial charge >= 0.3 is 11.9 Å². The Labute approximate surface area is 134 Å². The van der Waals surface area contributed by atoms with Crippen molar-refractivity contribution in [3.05, 3.63) is 26.9 Å². The summed E-state index contributed by atoms with van der Waals surface area (Å²) in [7, 11) is 0. The van der Waals surface area contributed by atoms with Gasteiger partial charge in [0.05, 0.1) is 12.1 Å². The number of aliphatic hydroxyl groups is 2. The number of nitrogens with one attached hydrogen (secondary N) is 1. The molecule has 2 heterocycles. The van der Waals surface area contributed by atoms with E-state index in [1.54, 1.807) is 0 Å². The van der Waals surface area contributed by atoms with Crippen molar-refractivity contribution in [2.45, 2.75) is 31.1 Å². The number of carbonyl (C=O) groups excluding carboxylic acids is 2. The van der Waals surface area contributed by atoms with Gasteiger partial charge in [-0.2, -0.15) is 0 Å². The number of aldehydes is 1. The topological polar surface area (TPSA) is 157 Å². The predicted octanol–water partition coefficient (Wildman–Crippen LogP) is -1.46. The zero-order chi connectivity index (χ0) is 17.2. The lowest BCUT2D eigenvalue weighted by atomic mass is 10.2. The zero-order valence-corrected chi connectivity index (χ0v) is 12.6. The molecule has 0 aliphatic carbocycles. The second-order valence-electron chi connectivity index (χ2n) is 4.86. The van der Waals surface area contributed by atoms with Gasteiger partial charge in [-0.25, -0.2) is 0 Å². The van der Waals surface area contributed by atoms with E-state index in [-0.39, 0.29) is 23.2 Å². The Balaban J connectivity index is 2.20. The Morgan fingerprint density at radius 3 is 2.91 bits per heavy atom. The van der Waals surface area contributed by atoms with Gasteiger partial charge in [-0.3, -0.25) is 23.9 Å². The number of aromatic nitrogens is 2. The third kappa shape index (κ3) is 3.71. The van der Waals surface area contributed by atoms with E-state index in [0.717, 1.165) is 0 Å². The summed E-state index contributed by atoms with van der Waals surface area (Å²) in [6.07, 6.45) is -0.0140. The first-order valence-electron chi connectivity index (χ1n) is 6.61. The fourth-order valence-electron chi connectivity index (χ4n) is 2.17. The predicted molar refractivity (Wildman–Crippen MR) is 76.7 cm³/mol. The average Bonchev–Trinajstić information content (AvgIpc) is 2.97. The Bertz CT molecular complexity index is 726. The smallest absolute Gasteiger partial charge is 0.352 e. The van der Waals surface area contributed by atoms with Gasteiger partial charge in [0, 0.05) is 6.20 Å². The fraction of sp³-hybridized carbons (Fsp3) is 0.500. The highest BCUT2D eigenvalue weighted by molar-refractivity contribution is 7.71. The number of carbonyl (C=O) groups is 2. The minimum atomic E-state index is -2.84. The summed E-state index contributed by atoms with van der Waals surface area (Å²) in [5.74, 6) is -3.85. The Hall–Kier alpha value is -1.92. The van der Waals surface area contributed by atoms with Crippen LogP contribution in [0.4, 0.5) is 0 Å². The molecule has 11 heteroatoms. The fourth-order valence-corrected chi connectivity index (χ4v) is 2.44. The molecule has 1 aromatic rings. The number of nitrogens with two attached hydrogens (primary N) is 1. The van der Waals surface area contributed by atoms with Gasteiger partial charge in [-0.1, -0.05) is 0 Å². The minimum Gasteiger partial charge on any atom is -0.405 e. The van der Waals surface area contributed by atoms with Crippen molar-refractivity contribution in [2.75, 3.05) is 6.54 Å². The van der Waals surface area contributed by atoms with Crippen LogP contribution in [0.5, 0.6) is 0 Å². The van der Waals surface area contributed by atoms with Crippen molar-refractivity contribution >= 4 is 24.5 Å². The van der Waals surface area contributed by atoms with Crippen LogP contribution in [0.2, 0.25) is 0 Å². The van der Waals surface area contributed by atoms with Gasteiger partial charge in [0.15, 0.2) is 17.2 Å². The van der Waals surface area contributed by atoms with Crippen molar-refractivity contribution < 1.29 is 29.3 Å². The molecule has 1 fully saturated rings. The van der Waals surface area contributed by atoms with Crippen LogP contribution in [-0.4, -0.2) is 50.6 Å². The molecule has 1 aromatic heterocycles. The summed E-state index contributed by atoms with van der Waals surface area (Å²) in [5.41, 5.74) is 4.25. The molecule has 0 bridgehead atoms. The van der Waals surface area contributed by atoms with E-state index in [0.29, 0.717) is 6.29 Å². The highest BCUT2D eigenvalue weighted by atomic mass is 32.1. The van der Waals surface area contributed by atoms with E-state index in [2.05, 4.69) is 9.72 Å². The third-order valence-electron chi connectivity index (χ3n) is 3.28. The van der Waals surface area contributed by atoms with Gasteiger partial charge in [0.25, 0.3) is 5.56 Å². The third-order valence-corrected chi connectivity index (χ3v) is 3.59. The molecule has 1 saturated heterocycles. The van der Waals surface area contributed by atoms with Crippen LogP contribution in [0.15, 0.2) is 11.0 Å². The SMILES string of the molecule is NCC(=O)OC(O)(O)C1CCC(n2cc(C=O)c(=O)[nH]c2=S)O1. The lowest BCUT2D eigenvalue weighted by molar-refractivity contribution is -0.362. The number of esters is 1. The molecular weight excluding hydrogens is 330 g/mol. The standard InChI is InChI=1S/C12H15N3O7S/c13-3-9(17)22-12(19,20)7-1-2-8(21-7)15-4-6(5-16)10(18)14-11(15)23/h4-5,7-8,19-20H,1-3,13H2,(H,14,18,23). The molecule has 0 spiro atoms. The van der Waals surface area contributed by atoms with Gasteiger partial charge in [0.1, 0.15) is 6.23 Å². The van der Waals surface area contributed by atoms with E-state index in [4.69, 9.17) is 22.7 Å². The molecule has 126 valence electrons. The van der Waals surface area contributed by atoms with Crippen molar-refractivity contribution in [2.24, 2.45) is 5.73 Å². The molecule has 2 rings (SSSR count). The molecule has 5 N–H and O–H groups in total. The van der Waals surface area contributed by atoms with Crippen LogP contribution in [-0.2, 0) is 14.3 Å². The molecule has 1 aliphatic rings. The van der Waals surface area contributed by atoms with Crippen LogP contribution >= 0.6 is 12.2 Å². The largest absolute Gasteiger partial charge is 0.405 e. The zero-order valence-electron chi connectivity index (χ0n) is 11.8. The van der Waals surface area contributed by atoms with Crippen LogP contribution in [0.1, 0.15) is 29.4 Å². The number of rotatable bonds is 5. The molecular formula is C12H15N3O7S. The van der Waals surface area contributed by atoms with Gasteiger partial charge in [-0.15, -0.1) is 0 Å². The highest BCUT2D eigenvalue weighted by Gasteiger charge is 2.45. The Morgan fingerprint density at radius 1 is 1.61 bits per heavy atom. The van der Waals surface area contributed by atoms with E-state index >= 15 is 0 Å². The maximum Gasteiger partial charge on any atom is 0.352 e. The molecule has 0 aromatic carbocycles. The number of nitrogens with zero attached hydrogens (tertiary/aromatic N) is 1. The number of aromatic amines is 1. The van der Waals surface area contributed by atoms with Crippen LogP contribution in [0.25, 0.3) is 0 Å². The monoisotopic (exact) mass is 345 g/mol. The highest BCUT2D eigenvalue weighted by Crippen LogP contribution is 2.33. The van der Waals surface area contributed by atoms with Crippen LogP contribution < -0.4 is 11.3 Å². The van der Waals surface area contributed by atoms with Crippen LogP contribution in [0.3, 0.4) is 0 Å². The lowest BCUT2D eigenvalue weighted by Crippen LogP contribution is -2.47. The summed E-state index contributed by atoms with van der Waals surface area (Å²) in [6, 6.07) is 0. The quantitative estimate of drug-likeness (QED) is 0.216. The summed E-state index contributed by atoms with van der Waals surface area (Å²) in [5, 5.41) is 19.6. The first-order valence-corrected chi connectivity index (χ1v) is 7.02. The van der Waals surface area contributed by atoms with Gasteiger partial charge < -0.3 is 25.4 Å². The summed E-state index contributed by atoms with van der Waals surface area (Å²) >= 11 is 4.99. The second-order valence-corrected chi connectivity index (χ2v) is 5.25. The number of hydrogen-bond acceptors (Lipinski definition) is 9. The summed E-state index contributed by atoms with van der Waals surface area (Å²) < 4.78 is 11.2. The van der Waals surface area contributed by atoms with E-state index in [9.17, 15) is 24.6 Å². The number of ether oxygens (including phenoxy) is 2. The van der Waals surface area contributed by atoms with Crippen LogP contribution in [0, 0.1) is 4.77 Å². The van der Waals surface area contributed by atoms with E-state index < -0.39 is 36.4 Å². The molecule has 2 atom stereocenters. The molecule has 0 amide bonds. The van der Waals surface area contributed by atoms with E-state index in [1.807, 2.05) is 0 Å². The van der Waals surface area contributed by atoms with Gasteiger partial charge in [-0.05, 0) is 25.1 Å². The normalized spacial score (nSPS) is 21.2. The minimum absolute atomic E-state index is 0.00619. The summed E-state index contributed by atoms with van der Waals surface area (Å²) in [6.45, 7) is -0.521. The van der Waals surface area contributed by atoms with E-state index in [1.165, 1.54) is 10.8 Å². The number of hydrogen-bond donors (Lipinski definition) is 4. The van der Waals surface area contributed by atoms with Crippen molar-refractivity contribution in [3.63, 3.8) is 0 Å². The van der Waals surface area contributed by atoms with Crippen molar-refractivity contribution in [1.29, 1.82) is 0 Å². The molecule has 1 aliphatic heterocycles. The summed E-state index contributed by atoms with van der Waals surface area (Å²) in [4.78, 5) is 35.7. The average molecular weight is 345 g/mol. The lowest BCUT2D eigenvalue weighted by Gasteiger charge is -2.27. The molecule has 0 radical (unpaired) electrons. The molecule has 2 unspecified atom stereocenters. The molecule has 0 saturated carbocycles.